The van der Waals surface area contributed by atoms with Crippen LogP contribution < -0.4 is 11.5 Å². The highest BCUT2D eigenvalue weighted by Crippen LogP contribution is 2.37. The summed E-state index contributed by atoms with van der Waals surface area (Å²) < 4.78 is 0. The molecule has 0 aromatic heterocycles. The van der Waals surface area contributed by atoms with Crippen molar-refractivity contribution in [1.82, 2.24) is 0 Å². The zero-order chi connectivity index (χ0) is 21.9. The van der Waals surface area contributed by atoms with Gasteiger partial charge in [-0.1, -0.05) is 103 Å². The van der Waals surface area contributed by atoms with E-state index in [2.05, 4.69) is 97.1 Å². The second-order valence-electron chi connectivity index (χ2n) is 7.88. The van der Waals surface area contributed by atoms with Gasteiger partial charge < -0.3 is 11.5 Å². The van der Waals surface area contributed by atoms with Crippen LogP contribution in [0.2, 0.25) is 0 Å². The molecule has 0 aliphatic carbocycles. The molecule has 0 aliphatic rings. The van der Waals surface area contributed by atoms with Gasteiger partial charge in [-0.2, -0.15) is 0 Å². The van der Waals surface area contributed by atoms with Crippen LogP contribution in [0.4, 0.5) is 11.4 Å². The summed E-state index contributed by atoms with van der Waals surface area (Å²) in [5.41, 5.74) is 22.7. The minimum Gasteiger partial charge on any atom is -0.397 e. The number of nitrogens with two attached hydrogens (primary N) is 2. The summed E-state index contributed by atoms with van der Waals surface area (Å²) in [4.78, 5) is 0. The van der Waals surface area contributed by atoms with E-state index in [1.54, 1.807) is 0 Å². The maximum atomic E-state index is 6.27. The fraction of sp³-hybridized carbons (Fsp3) is 0. The number of anilines is 2. The minimum atomic E-state index is 0.603. The van der Waals surface area contributed by atoms with Crippen LogP contribution in [0.5, 0.6) is 0 Å². The van der Waals surface area contributed by atoms with Crippen LogP contribution in [0.15, 0.2) is 121 Å². The first-order chi connectivity index (χ1) is 15.7. The molecule has 0 atom stereocenters. The first-order valence-electron chi connectivity index (χ1n) is 10.7. The first-order valence-corrected chi connectivity index (χ1v) is 10.7. The lowest BCUT2D eigenvalue weighted by Crippen LogP contribution is -1.96. The van der Waals surface area contributed by atoms with E-state index in [1.807, 2.05) is 24.3 Å². The van der Waals surface area contributed by atoms with Crippen molar-refractivity contribution >= 4 is 11.4 Å². The van der Waals surface area contributed by atoms with E-state index < -0.39 is 0 Å². The lowest BCUT2D eigenvalue weighted by atomic mass is 9.91. The fourth-order valence-corrected chi connectivity index (χ4v) is 4.17. The molecule has 5 aromatic carbocycles. The number of rotatable bonds is 4. The molecule has 0 amide bonds. The maximum absolute atomic E-state index is 6.27. The van der Waals surface area contributed by atoms with E-state index >= 15 is 0 Å². The van der Waals surface area contributed by atoms with Crippen LogP contribution in [0.1, 0.15) is 0 Å². The van der Waals surface area contributed by atoms with Crippen molar-refractivity contribution in [2.75, 3.05) is 11.5 Å². The number of nitrogen functional groups attached to an aromatic ring is 2. The molecular weight excluding hydrogens is 388 g/mol. The van der Waals surface area contributed by atoms with E-state index in [0.29, 0.717) is 11.4 Å². The standard InChI is InChI=1S/C30H24N2/c31-29-18-8-17-28(30(29)32)25-14-7-13-24(20-25)27-16-5-4-15-26(27)23-12-6-11-22(19-23)21-9-2-1-3-10-21/h1-20H,31-32H2. The van der Waals surface area contributed by atoms with E-state index in [0.717, 1.165) is 16.7 Å². The van der Waals surface area contributed by atoms with Crippen molar-refractivity contribution < 1.29 is 0 Å². The molecule has 0 aliphatic heterocycles. The third-order valence-corrected chi connectivity index (χ3v) is 5.83. The van der Waals surface area contributed by atoms with Crippen molar-refractivity contribution in [2.45, 2.75) is 0 Å². The number of hydrogen-bond donors (Lipinski definition) is 2. The van der Waals surface area contributed by atoms with Gasteiger partial charge in [0.15, 0.2) is 0 Å². The smallest absolute Gasteiger partial charge is 0.0627 e. The van der Waals surface area contributed by atoms with Crippen LogP contribution in [0.3, 0.4) is 0 Å². The Morgan fingerprint density at radius 3 is 1.44 bits per heavy atom. The van der Waals surface area contributed by atoms with Crippen molar-refractivity contribution in [2.24, 2.45) is 0 Å². The number of hydrogen-bond acceptors (Lipinski definition) is 2. The van der Waals surface area contributed by atoms with Gasteiger partial charge in [0.1, 0.15) is 0 Å². The van der Waals surface area contributed by atoms with Crippen LogP contribution in [-0.2, 0) is 0 Å². The second-order valence-corrected chi connectivity index (χ2v) is 7.88. The zero-order valence-corrected chi connectivity index (χ0v) is 17.7. The molecule has 4 N–H and O–H groups in total. The highest BCUT2D eigenvalue weighted by atomic mass is 14.7. The van der Waals surface area contributed by atoms with Gasteiger partial charge in [0, 0.05) is 5.56 Å². The molecule has 0 unspecified atom stereocenters. The van der Waals surface area contributed by atoms with Crippen LogP contribution in [0, 0.1) is 0 Å². The quantitative estimate of drug-likeness (QED) is 0.300. The second kappa shape index (κ2) is 8.44. The van der Waals surface area contributed by atoms with Crippen molar-refractivity contribution in [1.29, 1.82) is 0 Å². The maximum Gasteiger partial charge on any atom is 0.0627 e. The Labute approximate surface area is 188 Å². The Morgan fingerprint density at radius 2 is 0.781 bits per heavy atom. The van der Waals surface area contributed by atoms with Gasteiger partial charge in [0.05, 0.1) is 11.4 Å². The van der Waals surface area contributed by atoms with Gasteiger partial charge in [-0.3, -0.25) is 0 Å². The highest BCUT2D eigenvalue weighted by molar-refractivity contribution is 5.89. The topological polar surface area (TPSA) is 52.0 Å². The Morgan fingerprint density at radius 1 is 0.344 bits per heavy atom. The first kappa shape index (κ1) is 19.7. The molecule has 0 fully saturated rings. The lowest BCUT2D eigenvalue weighted by Gasteiger charge is -2.14. The molecule has 0 bridgehead atoms. The van der Waals surface area contributed by atoms with E-state index in [1.165, 1.54) is 27.8 Å². The number of para-hydroxylation sites is 1. The van der Waals surface area contributed by atoms with Gasteiger partial charge in [0.2, 0.25) is 0 Å². The summed E-state index contributed by atoms with van der Waals surface area (Å²) in [5.74, 6) is 0. The third-order valence-electron chi connectivity index (χ3n) is 5.83. The monoisotopic (exact) mass is 412 g/mol. The average Bonchev–Trinajstić information content (AvgIpc) is 2.86. The molecule has 5 rings (SSSR count). The fourth-order valence-electron chi connectivity index (χ4n) is 4.17. The van der Waals surface area contributed by atoms with Crippen molar-refractivity contribution in [3.63, 3.8) is 0 Å². The lowest BCUT2D eigenvalue weighted by molar-refractivity contribution is 1.56. The van der Waals surface area contributed by atoms with Crippen LogP contribution >= 0.6 is 0 Å². The van der Waals surface area contributed by atoms with Crippen LogP contribution in [-0.4, -0.2) is 0 Å². The summed E-state index contributed by atoms with van der Waals surface area (Å²) in [6.45, 7) is 0. The molecule has 2 heteroatoms. The largest absolute Gasteiger partial charge is 0.397 e. The van der Waals surface area contributed by atoms with Gasteiger partial charge in [-0.25, -0.2) is 0 Å². The average molecular weight is 413 g/mol. The molecule has 0 saturated heterocycles. The molecular formula is C30H24N2. The SMILES string of the molecule is Nc1cccc(-c2cccc(-c3ccccc3-c3cccc(-c4ccccc4)c3)c2)c1N. The predicted octanol–water partition coefficient (Wildman–Crippen LogP) is 7.52. The molecule has 0 radical (unpaired) electrons. The third kappa shape index (κ3) is 3.75. The summed E-state index contributed by atoms with van der Waals surface area (Å²) in [7, 11) is 0. The summed E-state index contributed by atoms with van der Waals surface area (Å²) in [5, 5.41) is 0. The Hall–Kier alpha value is -4.30. The Balaban J connectivity index is 1.61. The molecule has 2 nitrogen and oxygen atoms in total. The van der Waals surface area contributed by atoms with E-state index in [-0.39, 0.29) is 0 Å². The highest BCUT2D eigenvalue weighted by Gasteiger charge is 2.11. The molecule has 154 valence electrons. The summed E-state index contributed by atoms with van der Waals surface area (Å²) >= 11 is 0. The molecule has 0 saturated carbocycles. The molecule has 0 heterocycles. The van der Waals surface area contributed by atoms with Crippen LogP contribution in [0.25, 0.3) is 44.5 Å². The molecule has 0 spiro atoms. The zero-order valence-electron chi connectivity index (χ0n) is 17.7. The van der Waals surface area contributed by atoms with Crippen molar-refractivity contribution in [3.05, 3.63) is 121 Å². The molecule has 5 aromatic rings. The summed E-state index contributed by atoms with van der Waals surface area (Å²) in [6, 6.07) is 42.0. The molecule has 32 heavy (non-hydrogen) atoms. The Bertz CT molecular complexity index is 1390. The summed E-state index contributed by atoms with van der Waals surface area (Å²) in [6.07, 6.45) is 0. The number of benzene rings is 5. The van der Waals surface area contributed by atoms with Gasteiger partial charge in [-0.15, -0.1) is 0 Å². The van der Waals surface area contributed by atoms with E-state index in [9.17, 15) is 0 Å². The minimum absolute atomic E-state index is 0.603. The van der Waals surface area contributed by atoms with Gasteiger partial charge in [0.25, 0.3) is 0 Å². The van der Waals surface area contributed by atoms with E-state index in [4.69, 9.17) is 11.5 Å². The normalized spacial score (nSPS) is 10.8. The van der Waals surface area contributed by atoms with Gasteiger partial charge in [-0.05, 0) is 57.1 Å². The predicted molar refractivity (Wildman–Crippen MR) is 137 cm³/mol. The Kier molecular flexibility index (Phi) is 5.19. The van der Waals surface area contributed by atoms with Gasteiger partial charge >= 0.3 is 0 Å². The van der Waals surface area contributed by atoms with Crippen molar-refractivity contribution in [3.8, 4) is 44.5 Å².